The molecule has 2 aliphatic heterocycles. The van der Waals surface area contributed by atoms with E-state index in [1.54, 1.807) is 22.7 Å². The van der Waals surface area contributed by atoms with Gasteiger partial charge in [0.1, 0.15) is 5.75 Å². The smallest absolute Gasteiger partial charge is 0.276 e. The quantitative estimate of drug-likeness (QED) is 0.795. The normalized spacial score (nSPS) is 18.3. The molecule has 0 radical (unpaired) electrons. The van der Waals surface area contributed by atoms with Gasteiger partial charge in [0, 0.05) is 26.2 Å². The number of para-hydroxylation sites is 1. The standard InChI is InChI=1S/C19H23N5O3/c1-14(27-16-7-3-2-4-8-16)18(25)23-11-15(12-23)24-13-17(20-21-24)19(26)22-9-5-6-10-22/h2-4,7-8,13-15H,5-6,9-12H2,1H3. The molecule has 0 N–H and O–H groups in total. The van der Waals surface area contributed by atoms with Crippen LogP contribution in [-0.4, -0.2) is 68.9 Å². The lowest BCUT2D eigenvalue weighted by molar-refractivity contribution is -0.144. The highest BCUT2D eigenvalue weighted by Crippen LogP contribution is 2.23. The molecular weight excluding hydrogens is 346 g/mol. The van der Waals surface area contributed by atoms with Gasteiger partial charge in [-0.25, -0.2) is 4.68 Å². The van der Waals surface area contributed by atoms with Crippen molar-refractivity contribution in [3.8, 4) is 5.75 Å². The highest BCUT2D eigenvalue weighted by molar-refractivity contribution is 5.92. The summed E-state index contributed by atoms with van der Waals surface area (Å²) in [6, 6.07) is 9.36. The summed E-state index contributed by atoms with van der Waals surface area (Å²) in [6.45, 7) is 4.42. The monoisotopic (exact) mass is 369 g/mol. The molecule has 1 aromatic heterocycles. The van der Waals surface area contributed by atoms with Crippen molar-refractivity contribution in [3.63, 3.8) is 0 Å². The molecule has 8 heteroatoms. The fraction of sp³-hybridized carbons (Fsp3) is 0.474. The molecule has 0 spiro atoms. The van der Waals surface area contributed by atoms with Gasteiger partial charge in [-0.1, -0.05) is 23.4 Å². The Morgan fingerprint density at radius 1 is 1.11 bits per heavy atom. The Morgan fingerprint density at radius 3 is 2.52 bits per heavy atom. The molecule has 1 aromatic carbocycles. The zero-order valence-corrected chi connectivity index (χ0v) is 15.3. The van der Waals surface area contributed by atoms with Crippen LogP contribution in [0.1, 0.15) is 36.3 Å². The van der Waals surface area contributed by atoms with Gasteiger partial charge < -0.3 is 14.5 Å². The van der Waals surface area contributed by atoms with Crippen molar-refractivity contribution in [1.82, 2.24) is 24.8 Å². The third-order valence-electron chi connectivity index (χ3n) is 5.07. The van der Waals surface area contributed by atoms with Crippen molar-refractivity contribution < 1.29 is 14.3 Å². The minimum Gasteiger partial charge on any atom is -0.481 e. The second-order valence-corrected chi connectivity index (χ2v) is 7.05. The van der Waals surface area contributed by atoms with Gasteiger partial charge in [-0.3, -0.25) is 9.59 Å². The lowest BCUT2D eigenvalue weighted by Crippen LogP contribution is -2.54. The van der Waals surface area contributed by atoms with Crippen molar-refractivity contribution in [2.45, 2.75) is 31.9 Å². The Morgan fingerprint density at radius 2 is 1.81 bits per heavy atom. The van der Waals surface area contributed by atoms with Gasteiger partial charge in [-0.15, -0.1) is 5.10 Å². The van der Waals surface area contributed by atoms with Crippen LogP contribution in [0.15, 0.2) is 36.5 Å². The van der Waals surface area contributed by atoms with Crippen LogP contribution in [0.4, 0.5) is 0 Å². The molecule has 0 bridgehead atoms. The fourth-order valence-corrected chi connectivity index (χ4v) is 3.45. The first-order chi connectivity index (χ1) is 13.1. The third-order valence-corrected chi connectivity index (χ3v) is 5.07. The Balaban J connectivity index is 1.30. The molecule has 3 heterocycles. The van der Waals surface area contributed by atoms with E-state index in [4.69, 9.17) is 4.74 Å². The van der Waals surface area contributed by atoms with Gasteiger partial charge in [0.15, 0.2) is 11.8 Å². The van der Waals surface area contributed by atoms with E-state index in [2.05, 4.69) is 10.3 Å². The van der Waals surface area contributed by atoms with Crippen LogP contribution in [0.5, 0.6) is 5.75 Å². The summed E-state index contributed by atoms with van der Waals surface area (Å²) in [6.07, 6.45) is 3.24. The summed E-state index contributed by atoms with van der Waals surface area (Å²) in [5.41, 5.74) is 0.377. The predicted molar refractivity (Wildman–Crippen MR) is 97.3 cm³/mol. The average molecular weight is 369 g/mol. The van der Waals surface area contributed by atoms with Gasteiger partial charge in [0.05, 0.1) is 12.2 Å². The largest absolute Gasteiger partial charge is 0.481 e. The van der Waals surface area contributed by atoms with Crippen LogP contribution >= 0.6 is 0 Å². The number of benzene rings is 1. The molecule has 142 valence electrons. The summed E-state index contributed by atoms with van der Waals surface area (Å²) in [5, 5.41) is 8.11. The number of aromatic nitrogens is 3. The average Bonchev–Trinajstić information content (AvgIpc) is 3.33. The van der Waals surface area contributed by atoms with Crippen LogP contribution in [0.3, 0.4) is 0 Å². The predicted octanol–water partition coefficient (Wildman–Crippen LogP) is 1.36. The molecule has 1 unspecified atom stereocenters. The second-order valence-electron chi connectivity index (χ2n) is 7.05. The SMILES string of the molecule is CC(Oc1ccccc1)C(=O)N1CC(n2cc(C(=O)N3CCCC3)nn2)C1. The van der Waals surface area contributed by atoms with Crippen LogP contribution in [0.25, 0.3) is 0 Å². The Kier molecular flexibility index (Phi) is 4.79. The molecule has 0 saturated carbocycles. The first kappa shape index (κ1) is 17.5. The van der Waals surface area contributed by atoms with E-state index in [1.165, 1.54) is 0 Å². The topological polar surface area (TPSA) is 80.6 Å². The van der Waals surface area contributed by atoms with E-state index >= 15 is 0 Å². The number of carbonyl (C=O) groups excluding carboxylic acids is 2. The number of ether oxygens (including phenoxy) is 1. The number of carbonyl (C=O) groups is 2. The van der Waals surface area contributed by atoms with Gasteiger partial charge >= 0.3 is 0 Å². The maximum Gasteiger partial charge on any atom is 0.276 e. The van der Waals surface area contributed by atoms with Crippen LogP contribution in [-0.2, 0) is 4.79 Å². The summed E-state index contributed by atoms with van der Waals surface area (Å²) >= 11 is 0. The molecule has 2 aliphatic rings. The number of hydrogen-bond donors (Lipinski definition) is 0. The molecule has 1 atom stereocenters. The first-order valence-corrected chi connectivity index (χ1v) is 9.33. The molecule has 2 amide bonds. The zero-order valence-electron chi connectivity index (χ0n) is 15.3. The lowest BCUT2D eigenvalue weighted by Gasteiger charge is -2.40. The Hall–Kier alpha value is -2.90. The minimum absolute atomic E-state index is 0.0468. The van der Waals surface area contributed by atoms with Crippen LogP contribution in [0.2, 0.25) is 0 Å². The summed E-state index contributed by atoms with van der Waals surface area (Å²) < 4.78 is 7.38. The number of amides is 2. The fourth-order valence-electron chi connectivity index (χ4n) is 3.45. The molecule has 2 fully saturated rings. The van der Waals surface area contributed by atoms with E-state index in [0.717, 1.165) is 25.9 Å². The lowest BCUT2D eigenvalue weighted by atomic mass is 10.1. The molecule has 4 rings (SSSR count). The van der Waals surface area contributed by atoms with Crippen LogP contribution in [0, 0.1) is 0 Å². The zero-order chi connectivity index (χ0) is 18.8. The number of likely N-dealkylation sites (tertiary alicyclic amines) is 2. The molecular formula is C19H23N5O3. The number of rotatable bonds is 5. The van der Waals surface area contributed by atoms with Crippen molar-refractivity contribution in [1.29, 1.82) is 0 Å². The second kappa shape index (κ2) is 7.38. The Bertz CT molecular complexity index is 810. The highest BCUT2D eigenvalue weighted by Gasteiger charge is 2.36. The Labute approximate surface area is 157 Å². The van der Waals surface area contributed by atoms with E-state index < -0.39 is 6.10 Å². The van der Waals surface area contributed by atoms with Gasteiger partial charge in [0.2, 0.25) is 0 Å². The highest BCUT2D eigenvalue weighted by atomic mass is 16.5. The summed E-state index contributed by atoms with van der Waals surface area (Å²) in [5.74, 6) is 0.566. The van der Waals surface area contributed by atoms with Crippen molar-refractivity contribution >= 4 is 11.8 Å². The van der Waals surface area contributed by atoms with Gasteiger partial charge in [-0.05, 0) is 31.9 Å². The van der Waals surface area contributed by atoms with Crippen molar-refractivity contribution in [2.24, 2.45) is 0 Å². The van der Waals surface area contributed by atoms with E-state index in [9.17, 15) is 9.59 Å². The maximum absolute atomic E-state index is 12.5. The van der Waals surface area contributed by atoms with E-state index in [-0.39, 0.29) is 17.9 Å². The van der Waals surface area contributed by atoms with Gasteiger partial charge in [-0.2, -0.15) is 0 Å². The summed E-state index contributed by atoms with van der Waals surface area (Å²) in [7, 11) is 0. The van der Waals surface area contributed by atoms with Crippen LogP contribution < -0.4 is 4.74 Å². The van der Waals surface area contributed by atoms with Gasteiger partial charge in [0.25, 0.3) is 11.8 Å². The molecule has 2 aromatic rings. The van der Waals surface area contributed by atoms with Crippen molar-refractivity contribution in [3.05, 3.63) is 42.2 Å². The van der Waals surface area contributed by atoms with E-state index in [1.807, 2.05) is 35.2 Å². The number of nitrogens with zero attached hydrogens (tertiary/aromatic N) is 5. The minimum atomic E-state index is -0.545. The van der Waals surface area contributed by atoms with Crippen molar-refractivity contribution in [2.75, 3.05) is 26.2 Å². The molecule has 8 nitrogen and oxygen atoms in total. The number of hydrogen-bond acceptors (Lipinski definition) is 5. The maximum atomic E-state index is 12.5. The third kappa shape index (κ3) is 3.65. The van der Waals surface area contributed by atoms with E-state index in [0.29, 0.717) is 24.5 Å². The molecule has 0 aliphatic carbocycles. The molecule has 2 saturated heterocycles. The molecule has 27 heavy (non-hydrogen) atoms. The first-order valence-electron chi connectivity index (χ1n) is 9.33. The summed E-state index contributed by atoms with van der Waals surface area (Å²) in [4.78, 5) is 28.4.